The highest BCUT2D eigenvalue weighted by Gasteiger charge is 2.51. The number of morpholine rings is 1. The van der Waals surface area contributed by atoms with Crippen LogP contribution in [0.5, 0.6) is 5.75 Å². The summed E-state index contributed by atoms with van der Waals surface area (Å²) in [7, 11) is -2.12. The van der Waals surface area contributed by atoms with Crippen molar-refractivity contribution in [2.75, 3.05) is 53.0 Å². The molecule has 4 aliphatic heterocycles. The maximum Gasteiger partial charge on any atom is 0.243 e. The van der Waals surface area contributed by atoms with Crippen LogP contribution in [-0.2, 0) is 19.6 Å². The van der Waals surface area contributed by atoms with E-state index in [-0.39, 0.29) is 11.9 Å². The molecule has 4 aliphatic rings. The van der Waals surface area contributed by atoms with Gasteiger partial charge in [-0.15, -0.1) is 0 Å². The highest BCUT2D eigenvalue weighted by atomic mass is 32.2. The van der Waals surface area contributed by atoms with Crippen molar-refractivity contribution in [1.29, 1.82) is 0 Å². The summed E-state index contributed by atoms with van der Waals surface area (Å²) in [4.78, 5) is 17.6. The van der Waals surface area contributed by atoms with Gasteiger partial charge in [-0.3, -0.25) is 9.69 Å². The van der Waals surface area contributed by atoms with E-state index >= 15 is 0 Å². The van der Waals surface area contributed by atoms with Crippen molar-refractivity contribution in [3.63, 3.8) is 0 Å². The molecule has 0 aromatic heterocycles. The van der Waals surface area contributed by atoms with Gasteiger partial charge in [-0.2, -0.15) is 4.31 Å². The van der Waals surface area contributed by atoms with E-state index < -0.39 is 10.0 Å². The van der Waals surface area contributed by atoms with Gasteiger partial charge < -0.3 is 14.4 Å². The fourth-order valence-corrected chi connectivity index (χ4v) is 8.71. The zero-order valence-corrected chi connectivity index (χ0v) is 21.6. The SMILES string of the molecule is COc1cccc(S(=O)(=O)N2C[C@@H]3CCCN4CCC[C@@H]([C@H]34)[C@H]2CCCC(=O)N2CCOCC2)c1. The molecule has 0 saturated carbocycles. The van der Waals surface area contributed by atoms with Gasteiger partial charge in [0.1, 0.15) is 5.75 Å². The molecular weight excluding hydrogens is 466 g/mol. The smallest absolute Gasteiger partial charge is 0.243 e. The molecular formula is C26H39N3O5S. The van der Waals surface area contributed by atoms with Crippen LogP contribution in [0.3, 0.4) is 0 Å². The number of carbonyl (C=O) groups is 1. The van der Waals surface area contributed by atoms with Crippen LogP contribution in [-0.4, -0.2) is 93.6 Å². The number of amides is 1. The topological polar surface area (TPSA) is 79.4 Å². The lowest BCUT2D eigenvalue weighted by Crippen LogP contribution is -2.65. The fraction of sp³-hybridized carbons (Fsp3) is 0.731. The summed E-state index contributed by atoms with van der Waals surface area (Å²) in [5.41, 5.74) is 0. The van der Waals surface area contributed by atoms with Crippen molar-refractivity contribution < 1.29 is 22.7 Å². The standard InChI is InChI=1S/C26H39N3O5S/c1-33-21-7-2-8-22(18-21)35(31,32)29-19-20-6-4-12-28-13-5-9-23(26(20)28)24(29)10-3-11-25(30)27-14-16-34-17-15-27/h2,7-8,18,20,23-24,26H,3-6,9-17,19H2,1H3/t20-,23+,24+,26-/m0/s1. The number of sulfonamides is 1. The molecule has 0 bridgehead atoms. The Morgan fingerprint density at radius 2 is 1.89 bits per heavy atom. The molecule has 4 heterocycles. The van der Waals surface area contributed by atoms with Crippen molar-refractivity contribution >= 4 is 15.9 Å². The van der Waals surface area contributed by atoms with Crippen molar-refractivity contribution in [1.82, 2.24) is 14.1 Å². The van der Waals surface area contributed by atoms with E-state index in [0.29, 0.717) is 74.2 Å². The number of ether oxygens (including phenoxy) is 2. The third-order valence-corrected chi connectivity index (χ3v) is 10.4. The maximum atomic E-state index is 14.0. The number of nitrogens with zero attached hydrogens (tertiary/aromatic N) is 3. The number of benzene rings is 1. The Morgan fingerprint density at radius 3 is 2.66 bits per heavy atom. The average Bonchev–Trinajstić information content (AvgIpc) is 2.90. The number of hydrogen-bond acceptors (Lipinski definition) is 6. The van der Waals surface area contributed by atoms with Gasteiger partial charge in [0.2, 0.25) is 15.9 Å². The Labute approximate surface area is 209 Å². The molecule has 8 nitrogen and oxygen atoms in total. The zero-order chi connectivity index (χ0) is 24.4. The van der Waals surface area contributed by atoms with Crippen LogP contribution in [0.2, 0.25) is 0 Å². The van der Waals surface area contributed by atoms with E-state index in [1.54, 1.807) is 31.4 Å². The van der Waals surface area contributed by atoms with Crippen molar-refractivity contribution in [2.45, 2.75) is 61.9 Å². The second kappa shape index (κ2) is 10.7. The Bertz CT molecular complexity index is 994. The molecule has 35 heavy (non-hydrogen) atoms. The van der Waals surface area contributed by atoms with Crippen LogP contribution in [0, 0.1) is 11.8 Å². The Balaban J connectivity index is 1.38. The number of piperidine rings is 3. The first-order valence-corrected chi connectivity index (χ1v) is 14.7. The first-order valence-electron chi connectivity index (χ1n) is 13.2. The zero-order valence-electron chi connectivity index (χ0n) is 20.8. The summed E-state index contributed by atoms with van der Waals surface area (Å²) in [6.45, 7) is 5.33. The summed E-state index contributed by atoms with van der Waals surface area (Å²) in [6, 6.07) is 7.23. The number of hydrogen-bond donors (Lipinski definition) is 0. The highest BCUT2D eigenvalue weighted by Crippen LogP contribution is 2.45. The van der Waals surface area contributed by atoms with Crippen LogP contribution in [0.25, 0.3) is 0 Å². The van der Waals surface area contributed by atoms with Crippen LogP contribution >= 0.6 is 0 Å². The molecule has 4 saturated heterocycles. The van der Waals surface area contributed by atoms with Gasteiger partial charge in [0.15, 0.2) is 0 Å². The minimum absolute atomic E-state index is 0.0779. The normalized spacial score (nSPS) is 30.0. The molecule has 0 unspecified atom stereocenters. The highest BCUT2D eigenvalue weighted by molar-refractivity contribution is 7.89. The lowest BCUT2D eigenvalue weighted by atomic mass is 9.70. The Hall–Kier alpha value is -1.68. The minimum atomic E-state index is -3.68. The predicted octanol–water partition coefficient (Wildman–Crippen LogP) is 2.59. The molecule has 1 amide bonds. The maximum absolute atomic E-state index is 14.0. The van der Waals surface area contributed by atoms with Crippen LogP contribution < -0.4 is 4.74 Å². The van der Waals surface area contributed by atoms with Gasteiger partial charge in [0, 0.05) is 44.2 Å². The first kappa shape index (κ1) is 25.0. The molecule has 4 atom stereocenters. The molecule has 0 radical (unpaired) electrons. The first-order chi connectivity index (χ1) is 17.0. The minimum Gasteiger partial charge on any atom is -0.497 e. The molecule has 4 fully saturated rings. The van der Waals surface area contributed by atoms with E-state index in [0.717, 1.165) is 45.2 Å². The molecule has 5 rings (SSSR count). The van der Waals surface area contributed by atoms with Gasteiger partial charge in [-0.1, -0.05) is 6.07 Å². The number of carbonyl (C=O) groups excluding carboxylic acids is 1. The van der Waals surface area contributed by atoms with E-state index in [1.807, 2.05) is 9.21 Å². The van der Waals surface area contributed by atoms with Crippen molar-refractivity contribution in [2.24, 2.45) is 11.8 Å². The summed E-state index contributed by atoms with van der Waals surface area (Å²) in [5, 5.41) is 0. The third-order valence-electron chi connectivity index (χ3n) is 8.53. The predicted molar refractivity (Wildman–Crippen MR) is 133 cm³/mol. The van der Waals surface area contributed by atoms with E-state index in [1.165, 1.54) is 0 Å². The summed E-state index contributed by atoms with van der Waals surface area (Å²) >= 11 is 0. The Morgan fingerprint density at radius 1 is 1.11 bits per heavy atom. The number of rotatable bonds is 7. The van der Waals surface area contributed by atoms with Gasteiger partial charge in [0.05, 0.1) is 25.2 Å². The summed E-state index contributed by atoms with van der Waals surface area (Å²) in [6.07, 6.45) is 6.30. The molecule has 1 aromatic rings. The fourth-order valence-electron chi connectivity index (χ4n) is 6.92. The molecule has 0 spiro atoms. The Kier molecular flexibility index (Phi) is 7.67. The molecule has 0 aliphatic carbocycles. The summed E-state index contributed by atoms with van der Waals surface area (Å²) in [5.74, 6) is 1.41. The summed E-state index contributed by atoms with van der Waals surface area (Å²) < 4.78 is 40.5. The second-order valence-electron chi connectivity index (χ2n) is 10.4. The van der Waals surface area contributed by atoms with Crippen molar-refractivity contribution in [3.05, 3.63) is 24.3 Å². The van der Waals surface area contributed by atoms with E-state index in [9.17, 15) is 13.2 Å². The quantitative estimate of drug-likeness (QED) is 0.567. The molecule has 1 aromatic carbocycles. The lowest BCUT2D eigenvalue weighted by Gasteiger charge is -2.57. The van der Waals surface area contributed by atoms with Gasteiger partial charge >= 0.3 is 0 Å². The molecule has 0 N–H and O–H groups in total. The average molecular weight is 506 g/mol. The monoisotopic (exact) mass is 505 g/mol. The van der Waals surface area contributed by atoms with E-state index in [4.69, 9.17) is 9.47 Å². The van der Waals surface area contributed by atoms with Gasteiger partial charge in [-0.05, 0) is 75.6 Å². The third kappa shape index (κ3) is 5.10. The second-order valence-corrected chi connectivity index (χ2v) is 12.3. The van der Waals surface area contributed by atoms with Crippen LogP contribution in [0.1, 0.15) is 44.9 Å². The van der Waals surface area contributed by atoms with Crippen LogP contribution in [0.15, 0.2) is 29.2 Å². The number of methoxy groups -OCH3 is 1. The van der Waals surface area contributed by atoms with E-state index in [2.05, 4.69) is 4.90 Å². The van der Waals surface area contributed by atoms with Gasteiger partial charge in [-0.25, -0.2) is 8.42 Å². The molecule has 9 heteroatoms. The van der Waals surface area contributed by atoms with Crippen LogP contribution in [0.4, 0.5) is 0 Å². The molecule has 194 valence electrons. The largest absolute Gasteiger partial charge is 0.497 e. The van der Waals surface area contributed by atoms with Gasteiger partial charge in [0.25, 0.3) is 0 Å². The van der Waals surface area contributed by atoms with Crippen molar-refractivity contribution in [3.8, 4) is 5.75 Å². The lowest BCUT2D eigenvalue weighted by molar-refractivity contribution is -0.135.